The molecule has 0 aliphatic carbocycles. The molecule has 150 valence electrons. The molecule has 0 saturated carbocycles. The summed E-state index contributed by atoms with van der Waals surface area (Å²) in [6.45, 7) is 1.93. The number of carbonyl (C=O) groups is 1. The highest BCUT2D eigenvalue weighted by Gasteiger charge is 2.40. The fraction of sp³-hybridized carbons (Fsp3) is 0.364. The quantitative estimate of drug-likeness (QED) is 0.711. The van der Waals surface area contributed by atoms with Crippen LogP contribution in [0.1, 0.15) is 29.6 Å². The van der Waals surface area contributed by atoms with Gasteiger partial charge in [-0.2, -0.15) is 0 Å². The van der Waals surface area contributed by atoms with E-state index in [4.69, 9.17) is 4.74 Å². The zero-order valence-electron chi connectivity index (χ0n) is 16.2. The fourth-order valence-corrected chi connectivity index (χ4v) is 5.10. The number of fused-ring (bicyclic) bond motifs is 5. The molecule has 29 heavy (non-hydrogen) atoms. The Balaban J connectivity index is 1.54. The molecular weight excluding hydrogens is 370 g/mol. The number of piperidine rings is 1. The first kappa shape index (κ1) is 18.0. The summed E-state index contributed by atoms with van der Waals surface area (Å²) in [6, 6.07) is 10.3. The lowest BCUT2D eigenvalue weighted by Gasteiger charge is -2.44. The van der Waals surface area contributed by atoms with Gasteiger partial charge in [0.15, 0.2) is 0 Å². The minimum absolute atomic E-state index is 0.0316. The van der Waals surface area contributed by atoms with Crippen molar-refractivity contribution >= 4 is 16.9 Å². The number of benzene rings is 1. The Morgan fingerprint density at radius 2 is 2.10 bits per heavy atom. The molecule has 2 N–H and O–H groups in total. The Bertz CT molecular complexity index is 1150. The van der Waals surface area contributed by atoms with E-state index < -0.39 is 12.0 Å². The second-order valence-electron chi connectivity index (χ2n) is 8.05. The van der Waals surface area contributed by atoms with Crippen molar-refractivity contribution in [2.24, 2.45) is 5.92 Å². The summed E-state index contributed by atoms with van der Waals surface area (Å²) in [4.78, 5) is 29.9. The summed E-state index contributed by atoms with van der Waals surface area (Å²) in [5.41, 5.74) is 2.69. The average Bonchev–Trinajstić information content (AvgIpc) is 3.11. The number of likely N-dealkylation sites (tertiary alicyclic amines) is 1. The Hall–Kier alpha value is -3.06. The molecule has 0 unspecified atom stereocenters. The number of ether oxygens (including phenoxy) is 1. The number of methoxy groups -OCH3 is 1. The lowest BCUT2D eigenvalue weighted by Crippen LogP contribution is -2.49. The van der Waals surface area contributed by atoms with Gasteiger partial charge in [-0.1, -0.05) is 6.07 Å². The van der Waals surface area contributed by atoms with E-state index >= 15 is 0 Å². The van der Waals surface area contributed by atoms with Crippen molar-refractivity contribution < 1.29 is 14.6 Å². The molecule has 0 radical (unpaired) electrons. The van der Waals surface area contributed by atoms with E-state index in [1.807, 2.05) is 28.8 Å². The monoisotopic (exact) mass is 393 g/mol. The van der Waals surface area contributed by atoms with E-state index in [9.17, 15) is 14.7 Å². The lowest BCUT2D eigenvalue weighted by molar-refractivity contribution is -0.144. The highest BCUT2D eigenvalue weighted by atomic mass is 16.5. The normalized spacial score (nSPS) is 22.2. The van der Waals surface area contributed by atoms with Crippen LogP contribution in [0.5, 0.6) is 5.75 Å². The molecule has 2 bridgehead atoms. The maximum atomic E-state index is 12.4. The zero-order valence-corrected chi connectivity index (χ0v) is 16.2. The van der Waals surface area contributed by atoms with E-state index in [1.54, 1.807) is 25.4 Å². The molecule has 1 fully saturated rings. The van der Waals surface area contributed by atoms with Crippen molar-refractivity contribution in [3.63, 3.8) is 0 Å². The number of rotatable bonds is 4. The van der Waals surface area contributed by atoms with Crippen LogP contribution in [0.3, 0.4) is 0 Å². The number of aliphatic carboxylic acids is 1. The van der Waals surface area contributed by atoms with Crippen LogP contribution < -0.4 is 10.3 Å². The number of carboxylic acids is 1. The predicted octanol–water partition coefficient (Wildman–Crippen LogP) is 2.58. The summed E-state index contributed by atoms with van der Waals surface area (Å²) in [6.07, 6.45) is 2.79. The maximum absolute atomic E-state index is 12.4. The summed E-state index contributed by atoms with van der Waals surface area (Å²) in [7, 11) is 1.60. The standard InChI is InChI=1S/C22H23N3O4/c1-29-15-5-6-18-16(8-15)17(9-23-18)21(22(27)28)24-10-13-7-14(12-24)19-3-2-4-20(26)25(19)11-13/h2-6,8-9,13-14,21,23H,7,10-12H2,1H3,(H,27,28)/t13-,14-,21+/m1/s1. The highest BCUT2D eigenvalue weighted by Crippen LogP contribution is 2.40. The highest BCUT2D eigenvalue weighted by molar-refractivity contribution is 5.90. The third-order valence-electron chi connectivity index (χ3n) is 6.32. The van der Waals surface area contributed by atoms with Crippen LogP contribution in [-0.4, -0.2) is 45.7 Å². The van der Waals surface area contributed by atoms with Crippen LogP contribution in [0.15, 0.2) is 47.4 Å². The first-order valence-electron chi connectivity index (χ1n) is 9.86. The largest absolute Gasteiger partial charge is 0.497 e. The minimum Gasteiger partial charge on any atom is -0.497 e. The van der Waals surface area contributed by atoms with Crippen molar-refractivity contribution in [2.45, 2.75) is 24.9 Å². The van der Waals surface area contributed by atoms with E-state index in [2.05, 4.69) is 9.88 Å². The number of pyridine rings is 1. The first-order chi connectivity index (χ1) is 14.0. The van der Waals surface area contributed by atoms with Gasteiger partial charge in [-0.3, -0.25) is 14.5 Å². The number of hydrogen-bond acceptors (Lipinski definition) is 4. The number of nitrogens with one attached hydrogen (secondary N) is 1. The summed E-state index contributed by atoms with van der Waals surface area (Å²) >= 11 is 0. The van der Waals surface area contributed by atoms with Crippen molar-refractivity contribution in [3.05, 3.63) is 64.2 Å². The summed E-state index contributed by atoms with van der Waals surface area (Å²) < 4.78 is 7.20. The number of nitrogens with zero attached hydrogens (tertiary/aromatic N) is 2. The van der Waals surface area contributed by atoms with Gasteiger partial charge in [0.2, 0.25) is 0 Å². The number of aromatic nitrogens is 2. The molecular formula is C22H23N3O4. The second kappa shape index (κ2) is 6.77. The number of carboxylic acid groups (broad SMARTS) is 1. The van der Waals surface area contributed by atoms with Crippen molar-refractivity contribution in [1.29, 1.82) is 0 Å². The van der Waals surface area contributed by atoms with Gasteiger partial charge in [-0.15, -0.1) is 0 Å². The molecule has 5 rings (SSSR count). The Labute approximate surface area is 167 Å². The third-order valence-corrected chi connectivity index (χ3v) is 6.32. The molecule has 7 heteroatoms. The van der Waals surface area contributed by atoms with Crippen molar-refractivity contribution in [1.82, 2.24) is 14.5 Å². The molecule has 7 nitrogen and oxygen atoms in total. The van der Waals surface area contributed by atoms with Crippen LogP contribution in [0.25, 0.3) is 10.9 Å². The third kappa shape index (κ3) is 2.93. The molecule has 2 aromatic heterocycles. The minimum atomic E-state index is -0.862. The van der Waals surface area contributed by atoms with Crippen LogP contribution in [-0.2, 0) is 11.3 Å². The van der Waals surface area contributed by atoms with Gasteiger partial charge in [0, 0.05) is 60.0 Å². The van der Waals surface area contributed by atoms with E-state index in [1.165, 1.54) is 0 Å². The SMILES string of the molecule is COc1ccc2[nH]cc([C@@H](C(=O)O)N3C[C@H]4C[C@H](C3)c3cccc(=O)n3C4)c2c1. The molecule has 2 aliphatic rings. The van der Waals surface area contributed by atoms with Gasteiger partial charge >= 0.3 is 5.97 Å². The van der Waals surface area contributed by atoms with Gasteiger partial charge in [-0.05, 0) is 36.6 Å². The molecule has 0 amide bonds. The Morgan fingerprint density at radius 1 is 1.24 bits per heavy atom. The number of H-pyrrole nitrogens is 1. The van der Waals surface area contributed by atoms with Crippen LogP contribution in [0, 0.1) is 5.92 Å². The Morgan fingerprint density at radius 3 is 2.90 bits per heavy atom. The van der Waals surface area contributed by atoms with Gasteiger partial charge in [-0.25, -0.2) is 0 Å². The summed E-state index contributed by atoms with van der Waals surface area (Å²) in [5, 5.41) is 11.0. The van der Waals surface area contributed by atoms with Gasteiger partial charge < -0.3 is 19.4 Å². The molecule has 0 spiro atoms. The lowest BCUT2D eigenvalue weighted by atomic mass is 9.82. The topological polar surface area (TPSA) is 87.6 Å². The maximum Gasteiger partial charge on any atom is 0.325 e. The van der Waals surface area contributed by atoms with Crippen LogP contribution in [0.4, 0.5) is 0 Å². The van der Waals surface area contributed by atoms with Gasteiger partial charge in [0.1, 0.15) is 11.8 Å². The smallest absolute Gasteiger partial charge is 0.325 e. The first-order valence-corrected chi connectivity index (χ1v) is 9.86. The van der Waals surface area contributed by atoms with Crippen molar-refractivity contribution in [3.8, 4) is 5.75 Å². The summed E-state index contributed by atoms with van der Waals surface area (Å²) in [5.74, 6) is 0.270. The molecule has 2 aliphatic heterocycles. The van der Waals surface area contributed by atoms with E-state index in [0.717, 1.165) is 28.6 Å². The zero-order chi connectivity index (χ0) is 20.1. The second-order valence-corrected chi connectivity index (χ2v) is 8.05. The van der Waals surface area contributed by atoms with E-state index in [-0.39, 0.29) is 17.4 Å². The van der Waals surface area contributed by atoms with Crippen LogP contribution >= 0.6 is 0 Å². The fourth-order valence-electron chi connectivity index (χ4n) is 5.10. The molecule has 3 aromatic rings. The number of hydrogen-bond donors (Lipinski definition) is 2. The number of aromatic amines is 1. The molecule has 3 atom stereocenters. The Kier molecular flexibility index (Phi) is 4.20. The van der Waals surface area contributed by atoms with Gasteiger partial charge in [0.25, 0.3) is 5.56 Å². The molecule has 1 aromatic carbocycles. The van der Waals surface area contributed by atoms with Crippen molar-refractivity contribution in [2.75, 3.05) is 20.2 Å². The predicted molar refractivity (Wildman–Crippen MR) is 108 cm³/mol. The van der Waals surface area contributed by atoms with E-state index in [0.29, 0.717) is 25.4 Å². The molecule has 1 saturated heterocycles. The molecule has 4 heterocycles. The van der Waals surface area contributed by atoms with Gasteiger partial charge in [0.05, 0.1) is 7.11 Å². The van der Waals surface area contributed by atoms with Crippen LogP contribution in [0.2, 0.25) is 0 Å². The average molecular weight is 393 g/mol.